The number of rotatable bonds is 7. The van der Waals surface area contributed by atoms with E-state index in [1.165, 1.54) is 0 Å². The van der Waals surface area contributed by atoms with Gasteiger partial charge < -0.3 is 19.4 Å². The number of fused-ring (bicyclic) bond motifs is 1. The maximum atomic E-state index is 12.6. The number of carbonyl (C=O) groups excluding carboxylic acids is 1. The summed E-state index contributed by atoms with van der Waals surface area (Å²) in [4.78, 5) is 12.6. The van der Waals surface area contributed by atoms with E-state index in [1.807, 2.05) is 53.4 Å². The van der Waals surface area contributed by atoms with E-state index in [1.54, 1.807) is 11.8 Å². The van der Waals surface area contributed by atoms with Crippen molar-refractivity contribution in [2.24, 2.45) is 0 Å². The normalized spacial score (nSPS) is 17.3. The summed E-state index contributed by atoms with van der Waals surface area (Å²) in [5.74, 6) is 2.44. The van der Waals surface area contributed by atoms with Gasteiger partial charge in [-0.1, -0.05) is 12.1 Å². The monoisotopic (exact) mass is 346 g/mol. The lowest BCUT2D eigenvalue weighted by Gasteiger charge is -2.27. The number of hydrogen-bond donors (Lipinski definition) is 1. The van der Waals surface area contributed by atoms with Gasteiger partial charge in [-0.15, -0.1) is 0 Å². The molecular formula is C18H22N2O3S. The molecule has 3 rings (SSSR count). The molecule has 0 radical (unpaired) electrons. The van der Waals surface area contributed by atoms with Gasteiger partial charge in [0.15, 0.2) is 11.5 Å². The zero-order chi connectivity index (χ0) is 16.8. The highest BCUT2D eigenvalue weighted by molar-refractivity contribution is 7.98. The van der Waals surface area contributed by atoms with Crippen molar-refractivity contribution in [3.05, 3.63) is 48.8 Å². The third-order valence-corrected chi connectivity index (χ3v) is 4.60. The van der Waals surface area contributed by atoms with E-state index in [4.69, 9.17) is 9.47 Å². The van der Waals surface area contributed by atoms with Crippen LogP contribution in [0.2, 0.25) is 0 Å². The van der Waals surface area contributed by atoms with Gasteiger partial charge in [-0.2, -0.15) is 11.8 Å². The molecule has 0 spiro atoms. The largest absolute Gasteiger partial charge is 0.486 e. The summed E-state index contributed by atoms with van der Waals surface area (Å²) in [5, 5.41) is 3.01. The smallest absolute Gasteiger partial charge is 0.243 e. The molecule has 0 aliphatic carbocycles. The number of para-hydroxylation sites is 2. The minimum absolute atomic E-state index is 0.0164. The van der Waals surface area contributed by atoms with Crippen molar-refractivity contribution in [1.82, 2.24) is 9.88 Å². The van der Waals surface area contributed by atoms with Gasteiger partial charge in [0.25, 0.3) is 0 Å². The molecule has 1 aliphatic heterocycles. The summed E-state index contributed by atoms with van der Waals surface area (Å²) >= 11 is 1.75. The number of amides is 1. The van der Waals surface area contributed by atoms with Gasteiger partial charge in [0.2, 0.25) is 5.91 Å². The molecule has 2 heterocycles. The molecule has 1 N–H and O–H groups in total. The summed E-state index contributed by atoms with van der Waals surface area (Å²) in [6, 6.07) is 11.3. The summed E-state index contributed by atoms with van der Waals surface area (Å²) < 4.78 is 13.5. The Bertz CT molecular complexity index is 660. The molecule has 24 heavy (non-hydrogen) atoms. The van der Waals surface area contributed by atoms with Crippen LogP contribution in [-0.2, 0) is 4.79 Å². The van der Waals surface area contributed by atoms with E-state index in [2.05, 4.69) is 11.6 Å². The number of ether oxygens (including phenoxy) is 2. The van der Waals surface area contributed by atoms with E-state index in [9.17, 15) is 4.79 Å². The Balaban J connectivity index is 1.56. The van der Waals surface area contributed by atoms with Gasteiger partial charge in [0.1, 0.15) is 18.8 Å². The molecule has 2 aromatic rings. The Morgan fingerprint density at radius 1 is 1.29 bits per heavy atom. The first-order valence-electron chi connectivity index (χ1n) is 8.05. The van der Waals surface area contributed by atoms with Crippen LogP contribution in [0.1, 0.15) is 12.5 Å². The number of aromatic nitrogens is 1. The SMILES string of the molecule is CSCC[C@@H](C(=O)NC[C@H]1COc2ccccc2O1)n1cccc1. The predicted molar refractivity (Wildman–Crippen MR) is 95.8 cm³/mol. The third-order valence-electron chi connectivity index (χ3n) is 3.96. The Labute approximate surface area is 146 Å². The fourth-order valence-corrected chi connectivity index (χ4v) is 3.16. The number of nitrogens with one attached hydrogen (secondary N) is 1. The molecule has 1 aromatic heterocycles. The van der Waals surface area contributed by atoms with Crippen molar-refractivity contribution in [1.29, 1.82) is 0 Å². The second-order valence-corrected chi connectivity index (χ2v) is 6.66. The molecule has 6 heteroatoms. The first-order valence-corrected chi connectivity index (χ1v) is 9.45. The van der Waals surface area contributed by atoms with Gasteiger partial charge in [-0.3, -0.25) is 4.79 Å². The summed E-state index contributed by atoms with van der Waals surface area (Å²) in [6.45, 7) is 0.875. The van der Waals surface area contributed by atoms with Gasteiger partial charge in [0.05, 0.1) is 6.54 Å². The lowest BCUT2D eigenvalue weighted by molar-refractivity contribution is -0.124. The molecular weight excluding hydrogens is 324 g/mol. The molecule has 1 aliphatic rings. The molecule has 0 saturated heterocycles. The van der Waals surface area contributed by atoms with Crippen molar-refractivity contribution in [3.8, 4) is 11.5 Å². The minimum atomic E-state index is -0.191. The van der Waals surface area contributed by atoms with E-state index in [0.717, 1.165) is 23.7 Å². The second kappa shape index (κ2) is 8.15. The van der Waals surface area contributed by atoms with Crippen LogP contribution in [0.4, 0.5) is 0 Å². The standard InChI is InChI=1S/C18H22N2O3S/c1-24-11-8-15(20-9-4-5-10-20)18(21)19-12-14-13-22-16-6-2-3-7-17(16)23-14/h2-7,9-10,14-15H,8,11-13H2,1H3,(H,19,21)/t14-,15-/m0/s1. The van der Waals surface area contributed by atoms with E-state index in [-0.39, 0.29) is 18.1 Å². The van der Waals surface area contributed by atoms with Crippen molar-refractivity contribution in [2.75, 3.05) is 25.2 Å². The van der Waals surface area contributed by atoms with Crippen molar-refractivity contribution in [2.45, 2.75) is 18.6 Å². The third kappa shape index (κ3) is 4.06. The fourth-order valence-electron chi connectivity index (χ4n) is 2.70. The average molecular weight is 346 g/mol. The Kier molecular flexibility index (Phi) is 5.69. The van der Waals surface area contributed by atoms with Crippen LogP contribution in [0.25, 0.3) is 0 Å². The number of benzene rings is 1. The Morgan fingerprint density at radius 2 is 2.04 bits per heavy atom. The van der Waals surface area contributed by atoms with Gasteiger partial charge in [-0.25, -0.2) is 0 Å². The molecule has 1 aromatic carbocycles. The lowest BCUT2D eigenvalue weighted by Crippen LogP contribution is -2.43. The van der Waals surface area contributed by atoms with Crippen LogP contribution in [-0.4, -0.2) is 41.7 Å². The van der Waals surface area contributed by atoms with Crippen LogP contribution in [0.5, 0.6) is 11.5 Å². The Hall–Kier alpha value is -2.08. The summed E-state index contributed by atoms with van der Waals surface area (Å²) in [5.41, 5.74) is 0. The van der Waals surface area contributed by atoms with E-state index < -0.39 is 0 Å². The van der Waals surface area contributed by atoms with Gasteiger partial charge in [-0.05, 0) is 42.7 Å². The van der Waals surface area contributed by atoms with E-state index >= 15 is 0 Å². The van der Waals surface area contributed by atoms with Crippen molar-refractivity contribution >= 4 is 17.7 Å². The minimum Gasteiger partial charge on any atom is -0.486 e. The maximum Gasteiger partial charge on any atom is 0.243 e. The molecule has 0 bridgehead atoms. The highest BCUT2D eigenvalue weighted by Gasteiger charge is 2.24. The van der Waals surface area contributed by atoms with Crippen LogP contribution in [0.15, 0.2) is 48.8 Å². The number of carbonyl (C=O) groups is 1. The Morgan fingerprint density at radius 3 is 2.79 bits per heavy atom. The number of thioether (sulfide) groups is 1. The topological polar surface area (TPSA) is 52.5 Å². The average Bonchev–Trinajstić information content (AvgIpc) is 3.14. The first kappa shape index (κ1) is 16.8. The summed E-state index contributed by atoms with van der Waals surface area (Å²) in [7, 11) is 0. The van der Waals surface area contributed by atoms with Crippen LogP contribution in [0.3, 0.4) is 0 Å². The van der Waals surface area contributed by atoms with Gasteiger partial charge >= 0.3 is 0 Å². The number of nitrogens with zero attached hydrogens (tertiary/aromatic N) is 1. The molecule has 128 valence electrons. The molecule has 0 saturated carbocycles. The summed E-state index contributed by atoms with van der Waals surface area (Å²) in [6.07, 6.45) is 6.54. The highest BCUT2D eigenvalue weighted by Crippen LogP contribution is 2.30. The maximum absolute atomic E-state index is 12.6. The molecule has 5 nitrogen and oxygen atoms in total. The van der Waals surface area contributed by atoms with Crippen LogP contribution >= 0.6 is 11.8 Å². The van der Waals surface area contributed by atoms with Crippen LogP contribution in [0, 0.1) is 0 Å². The van der Waals surface area contributed by atoms with E-state index in [0.29, 0.717) is 13.2 Å². The predicted octanol–water partition coefficient (Wildman–Crippen LogP) is 2.74. The quantitative estimate of drug-likeness (QED) is 0.838. The highest BCUT2D eigenvalue weighted by atomic mass is 32.2. The van der Waals surface area contributed by atoms with Crippen molar-refractivity contribution < 1.29 is 14.3 Å². The molecule has 1 amide bonds. The molecule has 0 unspecified atom stereocenters. The van der Waals surface area contributed by atoms with Crippen LogP contribution < -0.4 is 14.8 Å². The number of hydrogen-bond acceptors (Lipinski definition) is 4. The molecule has 0 fully saturated rings. The second-order valence-electron chi connectivity index (χ2n) is 5.67. The molecule has 2 atom stereocenters. The first-order chi connectivity index (χ1) is 11.8. The fraction of sp³-hybridized carbons (Fsp3) is 0.389. The lowest BCUT2D eigenvalue weighted by atomic mass is 10.2. The zero-order valence-corrected chi connectivity index (χ0v) is 14.5. The van der Waals surface area contributed by atoms with Crippen molar-refractivity contribution in [3.63, 3.8) is 0 Å². The van der Waals surface area contributed by atoms with Gasteiger partial charge in [0, 0.05) is 12.4 Å². The zero-order valence-electron chi connectivity index (χ0n) is 13.7.